The zero-order valence-electron chi connectivity index (χ0n) is 14.4. The molecule has 2 heterocycles. The lowest BCUT2D eigenvalue weighted by Crippen LogP contribution is -2.13. The fraction of sp³-hybridized carbons (Fsp3) is 0.278. The van der Waals surface area contributed by atoms with Gasteiger partial charge >= 0.3 is 0 Å². The standard InChI is InChI=1S/C18H17FN4O2S/c1-11-3-4-16(5-12(11)2)23-18(20-21-22-23)26-9-14-7-15(19)6-13-8-24-10-25-17(13)14/h3-7H,8-10H2,1-2H3. The van der Waals surface area contributed by atoms with Crippen LogP contribution in [0.4, 0.5) is 4.39 Å². The molecular weight excluding hydrogens is 355 g/mol. The number of aryl methyl sites for hydroxylation is 2. The minimum absolute atomic E-state index is 0.177. The molecule has 0 radical (unpaired) electrons. The van der Waals surface area contributed by atoms with Crippen LogP contribution in [0.15, 0.2) is 35.5 Å². The van der Waals surface area contributed by atoms with Gasteiger partial charge in [0.25, 0.3) is 0 Å². The normalized spacial score (nSPS) is 13.3. The molecule has 8 heteroatoms. The molecule has 0 N–H and O–H groups in total. The number of benzene rings is 2. The molecule has 3 aromatic rings. The molecule has 0 saturated heterocycles. The van der Waals surface area contributed by atoms with E-state index in [1.165, 1.54) is 35.0 Å². The minimum Gasteiger partial charge on any atom is -0.467 e. The number of rotatable bonds is 4. The van der Waals surface area contributed by atoms with Gasteiger partial charge in [-0.2, -0.15) is 4.68 Å². The third kappa shape index (κ3) is 3.30. The molecule has 1 aromatic heterocycles. The van der Waals surface area contributed by atoms with Crippen molar-refractivity contribution in [3.63, 3.8) is 0 Å². The topological polar surface area (TPSA) is 62.1 Å². The first-order valence-electron chi connectivity index (χ1n) is 8.12. The van der Waals surface area contributed by atoms with Crippen LogP contribution in [0.3, 0.4) is 0 Å². The van der Waals surface area contributed by atoms with E-state index in [9.17, 15) is 4.39 Å². The van der Waals surface area contributed by atoms with E-state index in [1.807, 2.05) is 18.2 Å². The van der Waals surface area contributed by atoms with Gasteiger partial charge in [0, 0.05) is 16.9 Å². The second kappa shape index (κ2) is 7.05. The quantitative estimate of drug-likeness (QED) is 0.653. The van der Waals surface area contributed by atoms with E-state index < -0.39 is 0 Å². The number of tetrazole rings is 1. The Bertz CT molecular complexity index is 960. The van der Waals surface area contributed by atoms with E-state index in [0.717, 1.165) is 16.8 Å². The van der Waals surface area contributed by atoms with E-state index in [1.54, 1.807) is 4.68 Å². The summed E-state index contributed by atoms with van der Waals surface area (Å²) in [5.74, 6) is 0.878. The van der Waals surface area contributed by atoms with E-state index in [2.05, 4.69) is 29.4 Å². The summed E-state index contributed by atoms with van der Waals surface area (Å²) >= 11 is 1.43. The van der Waals surface area contributed by atoms with Crippen LogP contribution in [0.5, 0.6) is 5.75 Å². The molecule has 6 nitrogen and oxygen atoms in total. The number of nitrogens with zero attached hydrogens (tertiary/aromatic N) is 4. The van der Waals surface area contributed by atoms with Gasteiger partial charge in [0.15, 0.2) is 6.79 Å². The summed E-state index contributed by atoms with van der Waals surface area (Å²) in [5.41, 5.74) is 4.76. The summed E-state index contributed by atoms with van der Waals surface area (Å²) in [4.78, 5) is 0. The van der Waals surface area contributed by atoms with Crippen molar-refractivity contribution in [3.8, 4) is 11.4 Å². The molecule has 0 aliphatic carbocycles. The molecule has 0 unspecified atom stereocenters. The van der Waals surface area contributed by atoms with Crippen molar-refractivity contribution in [2.45, 2.75) is 31.4 Å². The van der Waals surface area contributed by atoms with E-state index in [0.29, 0.717) is 23.3 Å². The average molecular weight is 372 g/mol. The van der Waals surface area contributed by atoms with Crippen LogP contribution in [-0.4, -0.2) is 27.0 Å². The molecule has 0 fully saturated rings. The van der Waals surface area contributed by atoms with Crippen molar-refractivity contribution in [3.05, 3.63) is 58.4 Å². The highest BCUT2D eigenvalue weighted by atomic mass is 32.2. The van der Waals surface area contributed by atoms with E-state index >= 15 is 0 Å². The Labute approximate surface area is 154 Å². The van der Waals surface area contributed by atoms with Gasteiger partial charge < -0.3 is 9.47 Å². The van der Waals surface area contributed by atoms with E-state index in [-0.39, 0.29) is 12.6 Å². The van der Waals surface area contributed by atoms with Crippen molar-refractivity contribution in [2.75, 3.05) is 6.79 Å². The maximum Gasteiger partial charge on any atom is 0.214 e. The number of hydrogen-bond acceptors (Lipinski definition) is 6. The van der Waals surface area contributed by atoms with Crippen molar-refractivity contribution in [1.82, 2.24) is 20.2 Å². The highest BCUT2D eigenvalue weighted by Crippen LogP contribution is 2.33. The highest BCUT2D eigenvalue weighted by Gasteiger charge is 2.18. The van der Waals surface area contributed by atoms with Crippen molar-refractivity contribution >= 4 is 11.8 Å². The Morgan fingerprint density at radius 1 is 1.19 bits per heavy atom. The van der Waals surface area contributed by atoms with Gasteiger partial charge in [0.2, 0.25) is 5.16 Å². The molecular formula is C18H17FN4O2S. The molecule has 0 amide bonds. The monoisotopic (exact) mass is 372 g/mol. The fourth-order valence-electron chi connectivity index (χ4n) is 2.79. The Balaban J connectivity index is 1.59. The SMILES string of the molecule is Cc1ccc(-n2nnnc2SCc2cc(F)cc3c2OCOC3)cc1C. The van der Waals surface area contributed by atoms with Crippen LogP contribution in [0.1, 0.15) is 22.3 Å². The maximum atomic E-state index is 13.9. The van der Waals surface area contributed by atoms with Crippen LogP contribution in [-0.2, 0) is 17.1 Å². The van der Waals surface area contributed by atoms with E-state index in [4.69, 9.17) is 9.47 Å². The van der Waals surface area contributed by atoms with Crippen LogP contribution in [0.2, 0.25) is 0 Å². The fourth-order valence-corrected chi connectivity index (χ4v) is 3.65. The molecule has 1 aliphatic rings. The zero-order chi connectivity index (χ0) is 18.1. The van der Waals surface area contributed by atoms with Gasteiger partial charge in [0.05, 0.1) is 12.3 Å². The molecule has 0 saturated carbocycles. The van der Waals surface area contributed by atoms with Gasteiger partial charge in [-0.1, -0.05) is 17.8 Å². The van der Waals surface area contributed by atoms with Gasteiger partial charge in [-0.25, -0.2) is 4.39 Å². The predicted molar refractivity (Wildman–Crippen MR) is 94.9 cm³/mol. The van der Waals surface area contributed by atoms with Gasteiger partial charge in [-0.05, 0) is 59.7 Å². The minimum atomic E-state index is -0.304. The van der Waals surface area contributed by atoms with Crippen molar-refractivity contribution in [1.29, 1.82) is 0 Å². The molecule has 26 heavy (non-hydrogen) atoms. The Morgan fingerprint density at radius 3 is 2.92 bits per heavy atom. The second-order valence-corrected chi connectivity index (χ2v) is 7.04. The molecule has 2 aromatic carbocycles. The molecule has 1 aliphatic heterocycles. The Hall–Kier alpha value is -2.45. The van der Waals surface area contributed by atoms with Crippen LogP contribution in [0, 0.1) is 19.7 Å². The number of fused-ring (bicyclic) bond motifs is 1. The number of aromatic nitrogens is 4. The summed E-state index contributed by atoms with van der Waals surface area (Å²) in [6.07, 6.45) is 0. The third-order valence-electron chi connectivity index (χ3n) is 4.28. The van der Waals surface area contributed by atoms with Crippen LogP contribution >= 0.6 is 11.8 Å². The number of hydrogen-bond donors (Lipinski definition) is 0. The lowest BCUT2D eigenvalue weighted by atomic mass is 10.1. The average Bonchev–Trinajstić information content (AvgIpc) is 3.10. The first-order valence-corrected chi connectivity index (χ1v) is 9.11. The summed E-state index contributed by atoms with van der Waals surface area (Å²) in [5, 5.41) is 12.6. The lowest BCUT2D eigenvalue weighted by molar-refractivity contribution is -0.0171. The summed E-state index contributed by atoms with van der Waals surface area (Å²) in [6.45, 7) is 4.64. The first kappa shape index (κ1) is 17.0. The first-order chi connectivity index (χ1) is 12.6. The number of halogens is 1. The van der Waals surface area contributed by atoms with Gasteiger partial charge in [-0.15, -0.1) is 5.10 Å². The van der Waals surface area contributed by atoms with Crippen LogP contribution < -0.4 is 4.74 Å². The molecule has 0 bridgehead atoms. The molecule has 134 valence electrons. The second-order valence-electron chi connectivity index (χ2n) is 6.09. The van der Waals surface area contributed by atoms with Gasteiger partial charge in [0.1, 0.15) is 11.6 Å². The maximum absolute atomic E-state index is 13.9. The van der Waals surface area contributed by atoms with Crippen molar-refractivity contribution < 1.29 is 13.9 Å². The largest absolute Gasteiger partial charge is 0.467 e. The summed E-state index contributed by atoms with van der Waals surface area (Å²) in [7, 11) is 0. The zero-order valence-corrected chi connectivity index (χ0v) is 15.2. The summed E-state index contributed by atoms with van der Waals surface area (Å²) < 4.78 is 26.4. The predicted octanol–water partition coefficient (Wildman–Crippen LogP) is 3.58. The smallest absolute Gasteiger partial charge is 0.214 e. The Morgan fingerprint density at radius 2 is 2.08 bits per heavy atom. The summed E-state index contributed by atoms with van der Waals surface area (Å²) in [6, 6.07) is 8.99. The molecule has 0 spiro atoms. The van der Waals surface area contributed by atoms with Crippen molar-refractivity contribution in [2.24, 2.45) is 0 Å². The number of ether oxygens (including phenoxy) is 2. The Kier molecular flexibility index (Phi) is 4.60. The lowest BCUT2D eigenvalue weighted by Gasteiger charge is -2.20. The number of thioether (sulfide) groups is 1. The van der Waals surface area contributed by atoms with Crippen LogP contribution in [0.25, 0.3) is 5.69 Å². The van der Waals surface area contributed by atoms with Gasteiger partial charge in [-0.3, -0.25) is 0 Å². The molecule has 4 rings (SSSR count). The highest BCUT2D eigenvalue weighted by molar-refractivity contribution is 7.98. The molecule has 0 atom stereocenters. The third-order valence-corrected chi connectivity index (χ3v) is 5.25.